The summed E-state index contributed by atoms with van der Waals surface area (Å²) in [5, 5.41) is 19.5. The van der Waals surface area contributed by atoms with Gasteiger partial charge < -0.3 is 25.1 Å². The first-order valence-electron chi connectivity index (χ1n) is 24.4. The molecule has 0 aromatic heterocycles. The molecule has 1 saturated heterocycles. The fourth-order valence-corrected chi connectivity index (χ4v) is 9.04. The van der Waals surface area contributed by atoms with Crippen LogP contribution in [0.25, 0.3) is 0 Å². The van der Waals surface area contributed by atoms with E-state index in [0.29, 0.717) is 51.6 Å². The van der Waals surface area contributed by atoms with Crippen LogP contribution in [0.15, 0.2) is 77.9 Å². The van der Waals surface area contributed by atoms with Crippen LogP contribution in [-0.2, 0) is 9.31 Å². The summed E-state index contributed by atoms with van der Waals surface area (Å²) in [5.41, 5.74) is 11.7. The number of hydrogen-bond donors (Lipinski definition) is 6. The molecule has 73 heavy (non-hydrogen) atoms. The van der Waals surface area contributed by atoms with Crippen LogP contribution in [-0.4, -0.2) is 94.1 Å². The molecule has 2 heterocycles. The van der Waals surface area contributed by atoms with E-state index in [9.17, 15) is 29.0 Å². The van der Waals surface area contributed by atoms with Gasteiger partial charge in [-0.15, -0.1) is 0 Å². The topological polar surface area (TPSA) is 263 Å². The van der Waals surface area contributed by atoms with Crippen molar-refractivity contribution in [2.24, 2.45) is 27.6 Å². The van der Waals surface area contributed by atoms with Gasteiger partial charge in [0.1, 0.15) is 6.29 Å². The average molecular weight is 1000 g/mol. The van der Waals surface area contributed by atoms with Crippen LogP contribution in [0.2, 0.25) is 0 Å². The van der Waals surface area contributed by atoms with E-state index in [1.807, 2.05) is 126 Å². The Bertz CT molecular complexity index is 2610. The van der Waals surface area contributed by atoms with Crippen molar-refractivity contribution in [3.05, 3.63) is 128 Å². The minimum Gasteiger partial charge on any atom is -0.428 e. The number of aryl methyl sites for hydroxylation is 4. The van der Waals surface area contributed by atoms with E-state index in [2.05, 4.69) is 53.7 Å². The smallest absolute Gasteiger partial charge is 0.428 e. The van der Waals surface area contributed by atoms with E-state index >= 15 is 0 Å². The number of fused-ring (bicyclic) bond motifs is 1. The van der Waals surface area contributed by atoms with E-state index in [0.717, 1.165) is 34.1 Å². The number of rotatable bonds is 10. The molecule has 4 amide bonds. The van der Waals surface area contributed by atoms with Crippen LogP contribution in [0.3, 0.4) is 0 Å². The molecule has 394 valence electrons. The zero-order valence-electron chi connectivity index (χ0n) is 45.6. The number of nitrogens with two attached hydrogens (primary N) is 2. The average Bonchev–Trinajstić information content (AvgIpc) is 3.52. The van der Waals surface area contributed by atoms with Crippen molar-refractivity contribution in [3.63, 3.8) is 0 Å². The van der Waals surface area contributed by atoms with Gasteiger partial charge in [0.2, 0.25) is 0 Å². The predicted octanol–water partition coefficient (Wildman–Crippen LogP) is 5.56. The summed E-state index contributed by atoms with van der Waals surface area (Å²) in [6.07, 6.45) is 3.63. The number of hydrazine groups is 3. The van der Waals surface area contributed by atoms with Gasteiger partial charge in [-0.25, -0.2) is 10.0 Å². The van der Waals surface area contributed by atoms with Crippen molar-refractivity contribution in [3.8, 4) is 0 Å². The quantitative estimate of drug-likeness (QED) is 0.0496. The Hall–Kier alpha value is -6.21. The van der Waals surface area contributed by atoms with Crippen molar-refractivity contribution in [2.75, 3.05) is 0 Å². The zero-order valence-corrected chi connectivity index (χ0v) is 45.6. The minimum absolute atomic E-state index is 0. The highest BCUT2D eigenvalue weighted by molar-refractivity contribution is 6.65. The molecule has 0 aliphatic carbocycles. The van der Waals surface area contributed by atoms with E-state index < -0.39 is 37.2 Å². The first kappa shape index (κ1) is 61.1. The number of carbonyl (C=O) groups is 5. The maximum Gasteiger partial charge on any atom is 0.495 e. The molecule has 6 rings (SSSR count). The Balaban J connectivity index is 0.000000372. The lowest BCUT2D eigenvalue weighted by Gasteiger charge is -2.39. The summed E-state index contributed by atoms with van der Waals surface area (Å²) < 4.78 is 12.3. The van der Waals surface area contributed by atoms with Crippen LogP contribution in [0.1, 0.15) is 176 Å². The highest BCUT2D eigenvalue weighted by Gasteiger charge is 2.52. The molecular formula is C54H78B2N8O9. The number of nitrogens with zero attached hydrogens (tertiary/aromatic N) is 3. The number of hydrogen-bond acceptors (Lipinski definition) is 12. The maximum atomic E-state index is 13.8. The molecule has 1 fully saturated rings. The molecule has 0 spiro atoms. The summed E-state index contributed by atoms with van der Waals surface area (Å²) in [6.45, 7) is 31.8. The summed E-state index contributed by atoms with van der Waals surface area (Å²) in [5.74, 6) is 6.60. The molecular weight excluding hydrogens is 926 g/mol. The third-order valence-corrected chi connectivity index (χ3v) is 13.2. The van der Waals surface area contributed by atoms with Gasteiger partial charge in [0, 0.05) is 27.8 Å². The Morgan fingerprint density at radius 1 is 0.671 bits per heavy atom. The lowest BCUT2D eigenvalue weighted by Crippen LogP contribution is -2.56. The molecule has 0 unspecified atom stereocenters. The third-order valence-electron chi connectivity index (χ3n) is 13.2. The van der Waals surface area contributed by atoms with Gasteiger partial charge in [-0.1, -0.05) is 102 Å². The fourth-order valence-electron chi connectivity index (χ4n) is 9.04. The lowest BCUT2D eigenvalue weighted by molar-refractivity contribution is 0.00578. The molecule has 2 aliphatic heterocycles. The maximum absolute atomic E-state index is 13.8. The van der Waals surface area contributed by atoms with Gasteiger partial charge in [-0.3, -0.25) is 46.5 Å². The van der Waals surface area contributed by atoms with Gasteiger partial charge in [-0.2, -0.15) is 5.10 Å². The molecule has 4 aromatic rings. The highest BCUT2D eigenvalue weighted by Crippen LogP contribution is 2.37. The van der Waals surface area contributed by atoms with Crippen LogP contribution >= 0.6 is 0 Å². The van der Waals surface area contributed by atoms with Crippen molar-refractivity contribution in [2.45, 2.75) is 147 Å². The van der Waals surface area contributed by atoms with E-state index in [1.54, 1.807) is 42.6 Å². The number of aldehydes is 1. The van der Waals surface area contributed by atoms with Gasteiger partial charge in [-0.05, 0) is 144 Å². The molecule has 0 saturated carbocycles. The van der Waals surface area contributed by atoms with Crippen molar-refractivity contribution >= 4 is 61.2 Å². The third kappa shape index (κ3) is 14.7. The Labute approximate surface area is 432 Å². The number of amides is 4. The molecule has 17 nitrogen and oxygen atoms in total. The number of carbonyl (C=O) groups excluding carboxylic acids is 5. The second kappa shape index (κ2) is 24.7. The van der Waals surface area contributed by atoms with Gasteiger partial charge >= 0.3 is 14.2 Å². The van der Waals surface area contributed by atoms with Crippen LogP contribution in [0.5, 0.6) is 0 Å². The van der Waals surface area contributed by atoms with Crippen LogP contribution in [0, 0.1) is 38.5 Å². The largest absolute Gasteiger partial charge is 0.495 e. The summed E-state index contributed by atoms with van der Waals surface area (Å²) in [7, 11) is -1.80. The van der Waals surface area contributed by atoms with Crippen molar-refractivity contribution < 1.29 is 43.8 Å². The number of benzene rings is 4. The molecule has 2 aliphatic rings. The normalized spacial score (nSPS) is 15.1. The second-order valence-corrected chi connectivity index (χ2v) is 21.7. The number of hydrazone groups is 1. The Morgan fingerprint density at radius 2 is 1.05 bits per heavy atom. The molecule has 10 N–H and O–H groups in total. The van der Waals surface area contributed by atoms with Crippen molar-refractivity contribution in [1.82, 2.24) is 26.2 Å². The van der Waals surface area contributed by atoms with Crippen LogP contribution in [0.4, 0.5) is 0 Å². The van der Waals surface area contributed by atoms with Gasteiger partial charge in [0.25, 0.3) is 23.6 Å². The first-order chi connectivity index (χ1) is 33.5. The van der Waals surface area contributed by atoms with Gasteiger partial charge in [0.05, 0.1) is 29.5 Å². The van der Waals surface area contributed by atoms with Gasteiger partial charge in [0.15, 0.2) is 0 Å². The van der Waals surface area contributed by atoms with E-state index in [-0.39, 0.29) is 40.2 Å². The fraction of sp³-hybridized carbons (Fsp3) is 0.444. The standard InChI is InChI=1S/C30H41BN2O5.C24H31BN4O3.H4N2.H2O/c1-11-25(28(4,5)6)33(27(36)23-15-19(2)14-20(3)16-23)32-26(35)21-12-13-22(18-34)24(17-21)31-37-29(7,8)30(9,10)38-31;1-7-21(24(4,5)6)29(23(31)19-11-15(2)10-16(3)12-19)27-22(30)17-8-9-18-14-26-28-25(32)20(18)13-17;1-2;/h12-18,25H,11H2,1-10H3,(H,32,35);8-14,21,28,32H,7H2,1-6H3,(H,27,30);1-2H2;1H2/t25-;21-;;/m11../s1. The monoisotopic (exact) mass is 1000 g/mol. The van der Waals surface area contributed by atoms with Crippen LogP contribution < -0.4 is 38.8 Å². The van der Waals surface area contributed by atoms with E-state index in [4.69, 9.17) is 9.31 Å². The predicted molar refractivity (Wildman–Crippen MR) is 290 cm³/mol. The zero-order chi connectivity index (χ0) is 54.3. The Kier molecular flexibility index (Phi) is 20.7. The number of nitrogens with one attached hydrogen (secondary N) is 3. The molecule has 0 bridgehead atoms. The van der Waals surface area contributed by atoms with E-state index in [1.165, 1.54) is 10.0 Å². The molecule has 2 atom stereocenters. The summed E-state index contributed by atoms with van der Waals surface area (Å²) in [4.78, 5) is 66.1. The summed E-state index contributed by atoms with van der Waals surface area (Å²) in [6, 6.07) is 20.6. The van der Waals surface area contributed by atoms with Crippen molar-refractivity contribution in [1.29, 1.82) is 0 Å². The molecule has 19 heteroatoms. The second-order valence-electron chi connectivity index (χ2n) is 21.7. The SMILES string of the molecule is CC[C@@H](N(NC(=O)c1ccc(C=O)c(B2OC(C)(C)C(C)(C)O2)c1)C(=O)c1cc(C)cc(C)c1)C(C)(C)C.CC[C@@H](N(NC(=O)c1ccc2c(c1)B(O)NN=C2)C(=O)c1cc(C)cc(C)c1)C(C)(C)C.NN.O. The highest BCUT2D eigenvalue weighted by atomic mass is 16.7. The first-order valence-corrected chi connectivity index (χ1v) is 24.4. The molecule has 4 aromatic carbocycles. The minimum atomic E-state index is -0.992. The summed E-state index contributed by atoms with van der Waals surface area (Å²) >= 11 is 0. The molecule has 0 radical (unpaired) electrons. The Morgan fingerprint density at radius 3 is 1.42 bits per heavy atom. The lowest BCUT2D eigenvalue weighted by atomic mass is 9.71.